The fourth-order valence-corrected chi connectivity index (χ4v) is 4.76. The maximum atomic E-state index is 12.8. The van der Waals surface area contributed by atoms with Crippen molar-refractivity contribution in [1.29, 1.82) is 0 Å². The van der Waals surface area contributed by atoms with Crippen LogP contribution in [0.1, 0.15) is 40.7 Å². The Hall–Kier alpha value is -2.74. The van der Waals surface area contributed by atoms with Gasteiger partial charge >= 0.3 is 0 Å². The van der Waals surface area contributed by atoms with Crippen LogP contribution >= 0.6 is 11.3 Å². The summed E-state index contributed by atoms with van der Waals surface area (Å²) >= 11 is 1.59. The van der Waals surface area contributed by atoms with Gasteiger partial charge in [0, 0.05) is 43.5 Å². The highest BCUT2D eigenvalue weighted by Crippen LogP contribution is 2.27. The van der Waals surface area contributed by atoms with Crippen LogP contribution in [0.5, 0.6) is 5.75 Å². The number of nitrogens with zero attached hydrogens (tertiary/aromatic N) is 3. The molecule has 7 heteroatoms. The predicted octanol–water partition coefficient (Wildman–Crippen LogP) is 4.47. The molecule has 0 unspecified atom stereocenters. The number of benzene rings is 1. The number of allylic oxidation sites excluding steroid dienone is 1. The minimum Gasteiger partial charge on any atom is -0.486 e. The molecule has 0 N–H and O–H groups in total. The van der Waals surface area contributed by atoms with Crippen molar-refractivity contribution in [3.8, 4) is 5.75 Å². The van der Waals surface area contributed by atoms with Gasteiger partial charge in [0.1, 0.15) is 17.4 Å². The van der Waals surface area contributed by atoms with Crippen molar-refractivity contribution in [3.63, 3.8) is 0 Å². The Morgan fingerprint density at radius 2 is 2.09 bits per heavy atom. The monoisotopic (exact) mass is 465 g/mol. The molecule has 3 aromatic rings. The largest absolute Gasteiger partial charge is 0.486 e. The van der Waals surface area contributed by atoms with Gasteiger partial charge in [0.25, 0.3) is 5.56 Å². The summed E-state index contributed by atoms with van der Waals surface area (Å²) in [6.07, 6.45) is 6.60. The van der Waals surface area contributed by atoms with Crippen LogP contribution in [0.4, 0.5) is 0 Å². The van der Waals surface area contributed by atoms with Gasteiger partial charge in [-0.15, -0.1) is 11.3 Å². The molecule has 0 bridgehead atoms. The maximum absolute atomic E-state index is 12.8. The molecule has 4 rings (SSSR count). The van der Waals surface area contributed by atoms with Crippen LogP contribution in [-0.2, 0) is 30.7 Å². The number of ether oxygens (including phenoxy) is 2. The second kappa shape index (κ2) is 10.9. The number of thiazole rings is 1. The second-order valence-corrected chi connectivity index (χ2v) is 9.29. The van der Waals surface area contributed by atoms with E-state index in [1.54, 1.807) is 29.1 Å². The molecule has 2 heterocycles. The van der Waals surface area contributed by atoms with E-state index in [1.807, 2.05) is 17.6 Å². The fourth-order valence-electron chi connectivity index (χ4n) is 3.97. The van der Waals surface area contributed by atoms with E-state index in [0.717, 1.165) is 55.4 Å². The number of hydrogen-bond acceptors (Lipinski definition) is 6. The van der Waals surface area contributed by atoms with Crippen molar-refractivity contribution < 1.29 is 9.47 Å². The lowest BCUT2D eigenvalue weighted by atomic mass is 9.93. The molecular weight excluding hydrogens is 434 g/mol. The summed E-state index contributed by atoms with van der Waals surface area (Å²) < 4.78 is 12.7. The Labute approximate surface area is 199 Å². The molecule has 33 heavy (non-hydrogen) atoms. The van der Waals surface area contributed by atoms with E-state index in [0.29, 0.717) is 12.4 Å². The molecule has 0 amide bonds. The average molecular weight is 466 g/mol. The van der Waals surface area contributed by atoms with E-state index >= 15 is 0 Å². The summed E-state index contributed by atoms with van der Waals surface area (Å²) in [7, 11) is 3.84. The maximum Gasteiger partial charge on any atom is 0.258 e. The van der Waals surface area contributed by atoms with Crippen molar-refractivity contribution in [2.45, 2.75) is 39.3 Å². The molecule has 0 atom stereocenters. The normalized spacial score (nSPS) is 13.2. The third kappa shape index (κ3) is 5.99. The summed E-state index contributed by atoms with van der Waals surface area (Å²) in [6, 6.07) is 10.0. The molecule has 1 aliphatic carbocycles. The minimum absolute atomic E-state index is 0.0769. The van der Waals surface area contributed by atoms with Crippen LogP contribution in [0.15, 0.2) is 46.7 Å². The number of rotatable bonds is 10. The number of pyridine rings is 1. The zero-order chi connectivity index (χ0) is 23.2. The highest BCUT2D eigenvalue weighted by Gasteiger charge is 2.14. The summed E-state index contributed by atoms with van der Waals surface area (Å²) in [5.41, 5.74) is 5.82. The molecule has 0 saturated heterocycles. The highest BCUT2D eigenvalue weighted by molar-refractivity contribution is 7.09. The second-order valence-electron chi connectivity index (χ2n) is 8.34. The van der Waals surface area contributed by atoms with Crippen LogP contribution in [0, 0.1) is 0 Å². The molecule has 6 nitrogen and oxygen atoms in total. The van der Waals surface area contributed by atoms with Gasteiger partial charge in [0.2, 0.25) is 0 Å². The Bertz CT molecular complexity index is 1180. The van der Waals surface area contributed by atoms with E-state index in [4.69, 9.17) is 9.47 Å². The lowest BCUT2D eigenvalue weighted by molar-refractivity contribution is 0.158. The molecule has 1 aliphatic rings. The number of aryl methyl sites for hydroxylation is 2. The molecule has 0 saturated carbocycles. The lowest BCUT2D eigenvalue weighted by Gasteiger charge is -2.21. The van der Waals surface area contributed by atoms with E-state index in [1.165, 1.54) is 16.7 Å². The van der Waals surface area contributed by atoms with Gasteiger partial charge in [-0.05, 0) is 55.1 Å². The molecule has 2 aromatic heterocycles. The van der Waals surface area contributed by atoms with Gasteiger partial charge in [-0.2, -0.15) is 0 Å². The van der Waals surface area contributed by atoms with Crippen LogP contribution in [-0.4, -0.2) is 41.8 Å². The Kier molecular flexibility index (Phi) is 7.75. The van der Waals surface area contributed by atoms with Crippen LogP contribution in [0.25, 0.3) is 11.8 Å². The van der Waals surface area contributed by atoms with Gasteiger partial charge in [-0.25, -0.2) is 4.98 Å². The van der Waals surface area contributed by atoms with Crippen molar-refractivity contribution in [3.05, 3.63) is 79.7 Å². The van der Waals surface area contributed by atoms with Gasteiger partial charge < -0.3 is 9.47 Å². The average Bonchev–Trinajstić information content (AvgIpc) is 3.29. The molecule has 0 fully saturated rings. The number of methoxy groups -OCH3 is 1. The van der Waals surface area contributed by atoms with Crippen molar-refractivity contribution >= 4 is 23.1 Å². The molecule has 1 aromatic carbocycles. The van der Waals surface area contributed by atoms with Gasteiger partial charge in [0.15, 0.2) is 0 Å². The SMILES string of the molecule is CCc1csc(COc2ccn(C3=Cc4ccc(CN(C)CCOC)cc4CC3)c(=O)c2)n1. The van der Waals surface area contributed by atoms with E-state index in [9.17, 15) is 4.79 Å². The molecule has 0 radical (unpaired) electrons. The quantitative estimate of drug-likeness (QED) is 0.442. The Balaban J connectivity index is 1.43. The first-order valence-corrected chi connectivity index (χ1v) is 12.2. The van der Waals surface area contributed by atoms with Crippen LogP contribution < -0.4 is 10.3 Å². The van der Waals surface area contributed by atoms with Crippen molar-refractivity contribution in [2.75, 3.05) is 27.3 Å². The third-order valence-corrected chi connectivity index (χ3v) is 6.71. The predicted molar refractivity (Wildman–Crippen MR) is 134 cm³/mol. The lowest BCUT2D eigenvalue weighted by Crippen LogP contribution is -2.22. The Morgan fingerprint density at radius 1 is 1.21 bits per heavy atom. The molecular formula is C26H31N3O3S. The van der Waals surface area contributed by atoms with Crippen molar-refractivity contribution in [1.82, 2.24) is 14.5 Å². The smallest absolute Gasteiger partial charge is 0.258 e. The Morgan fingerprint density at radius 3 is 2.85 bits per heavy atom. The topological polar surface area (TPSA) is 56.6 Å². The summed E-state index contributed by atoms with van der Waals surface area (Å²) in [4.78, 5) is 19.6. The minimum atomic E-state index is -0.0769. The van der Waals surface area contributed by atoms with Crippen molar-refractivity contribution in [2.24, 2.45) is 0 Å². The first-order valence-electron chi connectivity index (χ1n) is 11.3. The molecule has 0 spiro atoms. The summed E-state index contributed by atoms with van der Waals surface area (Å²) in [5.74, 6) is 0.573. The zero-order valence-electron chi connectivity index (χ0n) is 19.5. The number of aromatic nitrogens is 2. The molecule has 0 aliphatic heterocycles. The van der Waals surface area contributed by atoms with E-state index < -0.39 is 0 Å². The van der Waals surface area contributed by atoms with Gasteiger partial charge in [-0.3, -0.25) is 14.3 Å². The van der Waals surface area contributed by atoms with Crippen LogP contribution in [0.3, 0.4) is 0 Å². The molecule has 174 valence electrons. The van der Waals surface area contributed by atoms with Gasteiger partial charge in [-0.1, -0.05) is 25.1 Å². The fraction of sp³-hybridized carbons (Fsp3) is 0.385. The standard InChI is InChI=1S/C26H31N3O3S/c1-4-22-18-33-25(27-22)17-32-24-9-10-29(26(30)15-24)23-8-7-20-13-19(5-6-21(20)14-23)16-28(2)11-12-31-3/h5-6,9-10,13-15,18H,4,7-8,11-12,16-17H2,1-3H3. The highest BCUT2D eigenvalue weighted by atomic mass is 32.1. The van der Waals surface area contributed by atoms with Crippen LogP contribution in [0.2, 0.25) is 0 Å². The summed E-state index contributed by atoms with van der Waals surface area (Å²) in [6.45, 7) is 5.00. The summed E-state index contributed by atoms with van der Waals surface area (Å²) in [5, 5.41) is 2.97. The third-order valence-electron chi connectivity index (χ3n) is 5.83. The van der Waals surface area contributed by atoms with E-state index in [-0.39, 0.29) is 5.56 Å². The number of fused-ring (bicyclic) bond motifs is 1. The van der Waals surface area contributed by atoms with E-state index in [2.05, 4.69) is 48.1 Å². The number of hydrogen-bond donors (Lipinski definition) is 0. The van der Waals surface area contributed by atoms with Gasteiger partial charge in [0.05, 0.1) is 12.3 Å². The zero-order valence-corrected chi connectivity index (χ0v) is 20.4. The first kappa shape index (κ1) is 23.4. The first-order chi connectivity index (χ1) is 16.1. The number of likely N-dealkylation sites (N-methyl/N-ethyl adjacent to an activating group) is 1.